The fourth-order valence-corrected chi connectivity index (χ4v) is 3.57. The van der Waals surface area contributed by atoms with E-state index in [1.54, 1.807) is 35.3 Å². The average molecular weight is 535 g/mol. The number of benzene rings is 2. The molecule has 0 aliphatic rings. The van der Waals surface area contributed by atoms with E-state index < -0.39 is 0 Å². The molecule has 7 nitrogen and oxygen atoms in total. The van der Waals surface area contributed by atoms with Crippen molar-refractivity contribution >= 4 is 50.9 Å². The van der Waals surface area contributed by atoms with Crippen LogP contribution in [0.3, 0.4) is 0 Å². The Morgan fingerprint density at radius 3 is 2.62 bits per heavy atom. The summed E-state index contributed by atoms with van der Waals surface area (Å²) in [6.07, 6.45) is 3.47. The minimum absolute atomic E-state index is 0.160. The summed E-state index contributed by atoms with van der Waals surface area (Å²) in [6, 6.07) is 14.5. The van der Waals surface area contributed by atoms with E-state index in [1.807, 2.05) is 37.3 Å². The highest BCUT2D eigenvalue weighted by molar-refractivity contribution is 9.10. The van der Waals surface area contributed by atoms with Crippen LogP contribution in [0.25, 0.3) is 0 Å². The van der Waals surface area contributed by atoms with Crippen molar-refractivity contribution in [3.05, 3.63) is 92.3 Å². The van der Waals surface area contributed by atoms with Crippen LogP contribution in [-0.2, 0) is 13.3 Å². The minimum atomic E-state index is -0.372. The van der Waals surface area contributed by atoms with E-state index in [9.17, 15) is 4.79 Å². The van der Waals surface area contributed by atoms with E-state index in [4.69, 9.17) is 27.9 Å². The second-order valence-corrected chi connectivity index (χ2v) is 8.73. The third-order valence-electron chi connectivity index (χ3n) is 4.57. The molecule has 0 saturated carbocycles. The zero-order chi connectivity index (χ0) is 22.7. The number of aryl methyl sites for hydroxylation is 1. The standard InChI is InChI=1S/C22H18BrCl2N5O2/c1-14-10-17(6-7-19(14)25)32-13-29-9-8-20(27-29)22(31)26-21-18(23)12-30(28-21)11-15-2-4-16(24)5-3-15/h2-10,12H,11,13H2,1H3,(H,26,28,31). The highest BCUT2D eigenvalue weighted by Crippen LogP contribution is 2.23. The Morgan fingerprint density at radius 2 is 1.88 bits per heavy atom. The van der Waals surface area contributed by atoms with Gasteiger partial charge in [0.25, 0.3) is 5.91 Å². The highest BCUT2D eigenvalue weighted by Gasteiger charge is 2.15. The van der Waals surface area contributed by atoms with Gasteiger partial charge in [-0.2, -0.15) is 10.2 Å². The lowest BCUT2D eigenvalue weighted by molar-refractivity contribution is 0.101. The molecule has 0 aliphatic heterocycles. The third kappa shape index (κ3) is 5.51. The van der Waals surface area contributed by atoms with Gasteiger partial charge in [0.2, 0.25) is 0 Å². The second-order valence-electron chi connectivity index (χ2n) is 7.03. The van der Waals surface area contributed by atoms with Crippen molar-refractivity contribution in [1.29, 1.82) is 0 Å². The Bertz CT molecular complexity index is 1250. The van der Waals surface area contributed by atoms with Crippen LogP contribution in [0.1, 0.15) is 21.6 Å². The van der Waals surface area contributed by atoms with Gasteiger partial charge in [-0.15, -0.1) is 0 Å². The topological polar surface area (TPSA) is 74.0 Å². The van der Waals surface area contributed by atoms with Crippen molar-refractivity contribution in [2.24, 2.45) is 0 Å². The van der Waals surface area contributed by atoms with Crippen molar-refractivity contribution in [3.8, 4) is 5.75 Å². The lowest BCUT2D eigenvalue weighted by atomic mass is 10.2. The molecule has 2 heterocycles. The molecule has 0 fully saturated rings. The lowest BCUT2D eigenvalue weighted by Gasteiger charge is -2.07. The molecule has 0 radical (unpaired) electrons. The first-order valence-corrected chi connectivity index (χ1v) is 11.1. The predicted molar refractivity (Wildman–Crippen MR) is 127 cm³/mol. The molecule has 0 spiro atoms. The summed E-state index contributed by atoms with van der Waals surface area (Å²) < 4.78 is 9.63. The van der Waals surface area contributed by atoms with Gasteiger partial charge in [-0.1, -0.05) is 35.3 Å². The molecule has 2 aromatic heterocycles. The molecule has 0 bridgehead atoms. The van der Waals surface area contributed by atoms with Crippen LogP contribution >= 0.6 is 39.1 Å². The monoisotopic (exact) mass is 533 g/mol. The van der Waals surface area contributed by atoms with Gasteiger partial charge in [0.05, 0.1) is 11.0 Å². The number of nitrogens with one attached hydrogen (secondary N) is 1. The molecule has 0 saturated heterocycles. The minimum Gasteiger partial charge on any atom is -0.471 e. The Labute approximate surface area is 203 Å². The fourth-order valence-electron chi connectivity index (χ4n) is 2.91. The molecule has 1 amide bonds. The van der Waals surface area contributed by atoms with Crippen LogP contribution in [0.5, 0.6) is 5.75 Å². The molecule has 4 aromatic rings. The number of rotatable bonds is 7. The zero-order valence-corrected chi connectivity index (χ0v) is 20.0. The summed E-state index contributed by atoms with van der Waals surface area (Å²) in [7, 11) is 0. The summed E-state index contributed by atoms with van der Waals surface area (Å²) in [5.41, 5.74) is 2.21. The number of aromatic nitrogens is 4. The summed E-state index contributed by atoms with van der Waals surface area (Å²) in [4.78, 5) is 12.6. The van der Waals surface area contributed by atoms with Crippen molar-refractivity contribution in [2.75, 3.05) is 5.32 Å². The van der Waals surface area contributed by atoms with Crippen LogP contribution in [-0.4, -0.2) is 25.5 Å². The van der Waals surface area contributed by atoms with Crippen molar-refractivity contribution < 1.29 is 9.53 Å². The number of hydrogen-bond acceptors (Lipinski definition) is 4. The van der Waals surface area contributed by atoms with Crippen molar-refractivity contribution in [2.45, 2.75) is 20.2 Å². The van der Waals surface area contributed by atoms with E-state index in [0.717, 1.165) is 11.1 Å². The third-order valence-corrected chi connectivity index (χ3v) is 5.83. The molecule has 0 unspecified atom stereocenters. The first-order chi connectivity index (χ1) is 15.4. The molecule has 1 N–H and O–H groups in total. The van der Waals surface area contributed by atoms with Crippen LogP contribution < -0.4 is 10.1 Å². The number of nitrogens with zero attached hydrogens (tertiary/aromatic N) is 4. The number of carbonyl (C=O) groups excluding carboxylic acids is 1. The van der Waals surface area contributed by atoms with Gasteiger partial charge in [-0.25, -0.2) is 4.68 Å². The summed E-state index contributed by atoms with van der Waals surface area (Å²) in [6.45, 7) is 2.61. The molecule has 32 heavy (non-hydrogen) atoms. The SMILES string of the molecule is Cc1cc(OCn2ccc(C(=O)Nc3nn(Cc4ccc(Cl)cc4)cc3Br)n2)ccc1Cl. The Morgan fingerprint density at radius 1 is 1.09 bits per heavy atom. The molecular formula is C22H18BrCl2N5O2. The van der Waals surface area contributed by atoms with Gasteiger partial charge >= 0.3 is 0 Å². The molecule has 0 aliphatic carbocycles. The molecular weight excluding hydrogens is 517 g/mol. The number of halogens is 3. The maximum atomic E-state index is 12.6. The molecule has 0 atom stereocenters. The van der Waals surface area contributed by atoms with Gasteiger partial charge in [0, 0.05) is 22.4 Å². The Balaban J connectivity index is 1.37. The van der Waals surface area contributed by atoms with Crippen LogP contribution in [0.2, 0.25) is 10.0 Å². The van der Waals surface area contributed by atoms with E-state index >= 15 is 0 Å². The molecule has 2 aromatic carbocycles. The maximum absolute atomic E-state index is 12.6. The van der Waals surface area contributed by atoms with Gasteiger partial charge in [0.15, 0.2) is 18.2 Å². The Kier molecular flexibility index (Phi) is 6.83. The number of ether oxygens (including phenoxy) is 1. The zero-order valence-electron chi connectivity index (χ0n) is 16.9. The molecule has 4 rings (SSSR count). The van der Waals surface area contributed by atoms with Crippen molar-refractivity contribution in [3.63, 3.8) is 0 Å². The summed E-state index contributed by atoms with van der Waals surface area (Å²) in [5, 5.41) is 12.8. The molecule has 164 valence electrons. The highest BCUT2D eigenvalue weighted by atomic mass is 79.9. The number of carbonyl (C=O) groups is 1. The van der Waals surface area contributed by atoms with Crippen LogP contribution in [0.4, 0.5) is 5.82 Å². The first-order valence-electron chi connectivity index (χ1n) is 9.58. The van der Waals surface area contributed by atoms with E-state index in [2.05, 4.69) is 31.4 Å². The molecule has 10 heteroatoms. The van der Waals surface area contributed by atoms with E-state index in [1.165, 1.54) is 4.68 Å². The lowest BCUT2D eigenvalue weighted by Crippen LogP contribution is -2.15. The fraction of sp³-hybridized carbons (Fsp3) is 0.136. The summed E-state index contributed by atoms with van der Waals surface area (Å²) in [5.74, 6) is 0.707. The number of amides is 1. The van der Waals surface area contributed by atoms with Gasteiger partial charge in [-0.3, -0.25) is 9.48 Å². The largest absolute Gasteiger partial charge is 0.471 e. The second kappa shape index (κ2) is 9.77. The normalized spacial score (nSPS) is 10.9. The predicted octanol–water partition coefficient (Wildman–Crippen LogP) is 5.79. The van der Waals surface area contributed by atoms with Crippen molar-refractivity contribution in [1.82, 2.24) is 19.6 Å². The van der Waals surface area contributed by atoms with E-state index in [-0.39, 0.29) is 18.3 Å². The van der Waals surface area contributed by atoms with Crippen LogP contribution in [0, 0.1) is 6.92 Å². The maximum Gasteiger partial charge on any atom is 0.277 e. The van der Waals surface area contributed by atoms with Gasteiger partial charge in [0.1, 0.15) is 5.75 Å². The van der Waals surface area contributed by atoms with Crippen LogP contribution in [0.15, 0.2) is 65.4 Å². The smallest absolute Gasteiger partial charge is 0.277 e. The number of hydrogen-bond donors (Lipinski definition) is 1. The van der Waals surface area contributed by atoms with E-state index in [0.29, 0.717) is 32.6 Å². The Hall–Kier alpha value is -2.81. The quantitative estimate of drug-likeness (QED) is 0.325. The van der Waals surface area contributed by atoms with Gasteiger partial charge in [-0.05, 0) is 70.4 Å². The summed E-state index contributed by atoms with van der Waals surface area (Å²) >= 11 is 15.4. The number of anilines is 1. The average Bonchev–Trinajstić information content (AvgIpc) is 3.37. The van der Waals surface area contributed by atoms with Gasteiger partial charge < -0.3 is 10.1 Å². The first kappa shape index (κ1) is 22.4.